The first-order chi connectivity index (χ1) is 4.91. The fourth-order valence-electron chi connectivity index (χ4n) is 0.855. The summed E-state index contributed by atoms with van der Waals surface area (Å²) in [6.07, 6.45) is 9.19. The maximum Gasteiger partial charge on any atom is -0.0319 e. The molecule has 0 fully saturated rings. The zero-order valence-corrected chi connectivity index (χ0v) is 8.19. The van der Waals surface area contributed by atoms with E-state index < -0.39 is 0 Å². The van der Waals surface area contributed by atoms with Crippen molar-refractivity contribution in [1.29, 1.82) is 0 Å². The van der Waals surface area contributed by atoms with Gasteiger partial charge in [0.05, 0.1) is 0 Å². The highest BCUT2D eigenvalue weighted by atomic mass is 31.1. The molecule has 0 aromatic heterocycles. The standard InChI is InChI=1S/C9H19P/c1-3-5-6-7-9-10-8-4-2/h4,8,10H,3,5-7,9H2,1-2H3. The van der Waals surface area contributed by atoms with Crippen molar-refractivity contribution in [3.8, 4) is 0 Å². The molecule has 0 nitrogen and oxygen atoms in total. The second-order valence-corrected chi connectivity index (χ2v) is 3.76. The summed E-state index contributed by atoms with van der Waals surface area (Å²) in [5.74, 6) is 2.28. The summed E-state index contributed by atoms with van der Waals surface area (Å²) in [5.41, 5.74) is 0. The summed E-state index contributed by atoms with van der Waals surface area (Å²) in [6.45, 7) is 4.35. The van der Waals surface area contributed by atoms with Gasteiger partial charge >= 0.3 is 0 Å². The van der Waals surface area contributed by atoms with E-state index >= 15 is 0 Å². The number of hydrogen-bond donors (Lipinski definition) is 0. The van der Waals surface area contributed by atoms with E-state index in [1.54, 1.807) is 0 Å². The Labute approximate surface area is 66.9 Å². The van der Waals surface area contributed by atoms with Gasteiger partial charge in [0, 0.05) is 0 Å². The molecule has 0 aliphatic heterocycles. The van der Waals surface area contributed by atoms with E-state index in [1.807, 2.05) is 0 Å². The van der Waals surface area contributed by atoms with Gasteiger partial charge in [-0.3, -0.25) is 0 Å². The van der Waals surface area contributed by atoms with Crippen molar-refractivity contribution in [2.24, 2.45) is 0 Å². The summed E-state index contributed by atoms with van der Waals surface area (Å²) in [5, 5.41) is 0. The Kier molecular flexibility index (Phi) is 9.33. The lowest BCUT2D eigenvalue weighted by atomic mass is 10.2. The Morgan fingerprint density at radius 2 is 2.00 bits per heavy atom. The summed E-state index contributed by atoms with van der Waals surface area (Å²) in [4.78, 5) is 0. The maximum atomic E-state index is 2.28. The van der Waals surface area contributed by atoms with Gasteiger partial charge < -0.3 is 0 Å². The fraction of sp³-hybridized carbons (Fsp3) is 0.778. The monoisotopic (exact) mass is 158 g/mol. The van der Waals surface area contributed by atoms with E-state index in [9.17, 15) is 0 Å². The Morgan fingerprint density at radius 1 is 1.20 bits per heavy atom. The van der Waals surface area contributed by atoms with E-state index in [-0.39, 0.29) is 0 Å². The zero-order valence-electron chi connectivity index (χ0n) is 7.19. The minimum absolute atomic E-state index is 1.06. The molecule has 0 rings (SSSR count). The number of allylic oxidation sites excluding steroid dienone is 1. The minimum Gasteiger partial charge on any atom is -0.0988 e. The van der Waals surface area contributed by atoms with Crippen LogP contribution in [-0.2, 0) is 0 Å². The van der Waals surface area contributed by atoms with Gasteiger partial charge in [0.15, 0.2) is 0 Å². The maximum absolute atomic E-state index is 2.28. The molecule has 0 radical (unpaired) electrons. The quantitative estimate of drug-likeness (QED) is 0.407. The highest BCUT2D eigenvalue weighted by Gasteiger charge is 1.84. The molecule has 0 amide bonds. The molecule has 0 saturated carbocycles. The first-order valence-corrected chi connectivity index (χ1v) is 5.54. The van der Waals surface area contributed by atoms with Crippen molar-refractivity contribution in [3.63, 3.8) is 0 Å². The van der Waals surface area contributed by atoms with Crippen LogP contribution in [0.15, 0.2) is 11.9 Å². The van der Waals surface area contributed by atoms with Crippen molar-refractivity contribution in [2.75, 3.05) is 6.16 Å². The molecule has 0 bridgehead atoms. The molecule has 0 aromatic carbocycles. The van der Waals surface area contributed by atoms with Gasteiger partial charge in [-0.25, -0.2) is 0 Å². The molecule has 60 valence electrons. The van der Waals surface area contributed by atoms with E-state index in [1.165, 1.54) is 31.8 Å². The number of rotatable bonds is 6. The van der Waals surface area contributed by atoms with Crippen LogP contribution in [0.25, 0.3) is 0 Å². The predicted molar refractivity (Wildman–Crippen MR) is 52.1 cm³/mol. The first kappa shape index (κ1) is 10.2. The van der Waals surface area contributed by atoms with Gasteiger partial charge in [-0.1, -0.05) is 46.7 Å². The van der Waals surface area contributed by atoms with Crippen LogP contribution >= 0.6 is 8.58 Å². The van der Waals surface area contributed by atoms with E-state index in [0.29, 0.717) is 0 Å². The predicted octanol–water partition coefficient (Wildman–Crippen LogP) is 3.78. The van der Waals surface area contributed by atoms with Gasteiger partial charge in [-0.05, 0) is 19.5 Å². The molecule has 10 heavy (non-hydrogen) atoms. The molecule has 1 unspecified atom stereocenters. The Morgan fingerprint density at radius 3 is 2.60 bits per heavy atom. The molecule has 0 spiro atoms. The Bertz CT molecular complexity index is 76.8. The van der Waals surface area contributed by atoms with Crippen LogP contribution in [0, 0.1) is 0 Å². The molecular formula is C9H19P. The van der Waals surface area contributed by atoms with Gasteiger partial charge in [0.2, 0.25) is 0 Å². The summed E-state index contributed by atoms with van der Waals surface area (Å²) >= 11 is 0. The molecule has 1 atom stereocenters. The Hall–Kier alpha value is 0.170. The third-order valence-corrected chi connectivity index (χ3v) is 2.67. The second kappa shape index (κ2) is 9.17. The van der Waals surface area contributed by atoms with Crippen molar-refractivity contribution < 1.29 is 0 Å². The minimum atomic E-state index is 1.06. The molecule has 0 N–H and O–H groups in total. The number of unbranched alkanes of at least 4 members (excludes halogenated alkanes) is 3. The van der Waals surface area contributed by atoms with Gasteiger partial charge in [-0.15, -0.1) is 0 Å². The van der Waals surface area contributed by atoms with E-state index in [0.717, 1.165) is 8.58 Å². The average Bonchev–Trinajstić information content (AvgIpc) is 1.97. The third-order valence-electron chi connectivity index (χ3n) is 1.46. The SMILES string of the molecule is CC=CPCCCCCC. The highest BCUT2D eigenvalue weighted by molar-refractivity contribution is 7.41. The largest absolute Gasteiger partial charge is 0.0988 e. The molecule has 0 aromatic rings. The van der Waals surface area contributed by atoms with Crippen molar-refractivity contribution in [1.82, 2.24) is 0 Å². The number of hydrogen-bond acceptors (Lipinski definition) is 0. The van der Waals surface area contributed by atoms with Crippen LogP contribution in [0.2, 0.25) is 0 Å². The topological polar surface area (TPSA) is 0 Å². The second-order valence-electron chi connectivity index (χ2n) is 2.51. The molecular weight excluding hydrogens is 139 g/mol. The van der Waals surface area contributed by atoms with Gasteiger partial charge in [0.1, 0.15) is 0 Å². The fourth-order valence-corrected chi connectivity index (χ4v) is 1.71. The average molecular weight is 158 g/mol. The third kappa shape index (κ3) is 8.17. The zero-order chi connectivity index (χ0) is 7.66. The molecule has 0 aliphatic rings. The van der Waals surface area contributed by atoms with Crippen molar-refractivity contribution >= 4 is 8.58 Å². The molecule has 1 heteroatoms. The van der Waals surface area contributed by atoms with Crippen LogP contribution in [0.3, 0.4) is 0 Å². The molecule has 0 heterocycles. The first-order valence-electron chi connectivity index (χ1n) is 4.26. The van der Waals surface area contributed by atoms with Crippen LogP contribution in [0.1, 0.15) is 39.5 Å². The lowest BCUT2D eigenvalue weighted by molar-refractivity contribution is 0.706. The normalized spacial score (nSPS) is 12.2. The summed E-state index contributed by atoms with van der Waals surface area (Å²) in [7, 11) is 1.06. The van der Waals surface area contributed by atoms with Crippen LogP contribution in [0.5, 0.6) is 0 Å². The smallest absolute Gasteiger partial charge is 0.0319 e. The van der Waals surface area contributed by atoms with Crippen molar-refractivity contribution in [2.45, 2.75) is 39.5 Å². The van der Waals surface area contributed by atoms with Gasteiger partial charge in [0.25, 0.3) is 0 Å². The van der Waals surface area contributed by atoms with Crippen LogP contribution in [0.4, 0.5) is 0 Å². The lowest BCUT2D eigenvalue weighted by Crippen LogP contribution is -1.76. The molecule has 0 aliphatic carbocycles. The highest BCUT2D eigenvalue weighted by Crippen LogP contribution is 2.14. The summed E-state index contributed by atoms with van der Waals surface area (Å²) in [6, 6.07) is 0. The molecule has 0 saturated heterocycles. The Balaban J connectivity index is 2.77. The summed E-state index contributed by atoms with van der Waals surface area (Å²) < 4.78 is 0. The van der Waals surface area contributed by atoms with Crippen LogP contribution < -0.4 is 0 Å². The van der Waals surface area contributed by atoms with Crippen LogP contribution in [-0.4, -0.2) is 6.16 Å². The van der Waals surface area contributed by atoms with Crippen molar-refractivity contribution in [3.05, 3.63) is 11.9 Å². The van der Waals surface area contributed by atoms with E-state index in [4.69, 9.17) is 0 Å². The van der Waals surface area contributed by atoms with E-state index in [2.05, 4.69) is 25.7 Å². The lowest BCUT2D eigenvalue weighted by Gasteiger charge is -1.95. The van der Waals surface area contributed by atoms with Gasteiger partial charge in [-0.2, -0.15) is 0 Å².